The molecule has 1 amide bonds. The van der Waals surface area contributed by atoms with E-state index in [2.05, 4.69) is 20.3 Å². The van der Waals surface area contributed by atoms with E-state index >= 15 is 0 Å². The Bertz CT molecular complexity index is 1050. The highest BCUT2D eigenvalue weighted by Crippen LogP contribution is 2.52. The third-order valence-electron chi connectivity index (χ3n) is 5.21. The number of benzene rings is 1. The van der Waals surface area contributed by atoms with Gasteiger partial charge in [0.25, 0.3) is 5.91 Å². The third-order valence-corrected chi connectivity index (χ3v) is 6.12. The molecule has 1 aromatic heterocycles. The monoisotopic (exact) mass is 455 g/mol. The lowest BCUT2D eigenvalue weighted by Gasteiger charge is -2.36. The Balaban J connectivity index is 1.71. The van der Waals surface area contributed by atoms with Gasteiger partial charge in [-0.2, -0.15) is 13.2 Å². The third kappa shape index (κ3) is 3.97. The lowest BCUT2D eigenvalue weighted by Crippen LogP contribution is -2.46. The first-order chi connectivity index (χ1) is 14.6. The Morgan fingerprint density at radius 3 is 2.77 bits per heavy atom. The van der Waals surface area contributed by atoms with Crippen LogP contribution in [0.2, 0.25) is 0 Å². The second kappa shape index (κ2) is 7.75. The first-order valence-corrected chi connectivity index (χ1v) is 10.2. The van der Waals surface area contributed by atoms with E-state index in [9.17, 15) is 22.4 Å². The van der Waals surface area contributed by atoms with Crippen LogP contribution in [0.4, 0.5) is 23.2 Å². The van der Waals surface area contributed by atoms with E-state index in [0.29, 0.717) is 5.69 Å². The number of aliphatic imine (C=N–C) groups is 1. The quantitative estimate of drug-likeness (QED) is 0.690. The van der Waals surface area contributed by atoms with Crippen LogP contribution >= 0.6 is 11.8 Å². The van der Waals surface area contributed by atoms with E-state index in [4.69, 9.17) is 10.5 Å². The van der Waals surface area contributed by atoms with Crippen molar-refractivity contribution in [3.05, 3.63) is 53.4 Å². The number of rotatable bonds is 3. The maximum atomic E-state index is 14.9. The van der Waals surface area contributed by atoms with Crippen molar-refractivity contribution in [1.82, 2.24) is 9.97 Å². The van der Waals surface area contributed by atoms with Gasteiger partial charge in [-0.1, -0.05) is 11.8 Å². The highest BCUT2D eigenvalue weighted by atomic mass is 32.2. The Labute approximate surface area is 178 Å². The fraction of sp³-hybridized carbons (Fsp3) is 0.368. The number of anilines is 1. The number of thioether (sulfide) groups is 1. The van der Waals surface area contributed by atoms with Crippen molar-refractivity contribution < 1.29 is 27.1 Å². The first-order valence-electron chi connectivity index (χ1n) is 9.16. The molecule has 0 spiro atoms. The molecule has 2 aliphatic heterocycles. The zero-order valence-corrected chi connectivity index (χ0v) is 16.9. The van der Waals surface area contributed by atoms with E-state index in [1.54, 1.807) is 6.92 Å². The summed E-state index contributed by atoms with van der Waals surface area (Å²) in [6, 6.07) is 3.62. The van der Waals surface area contributed by atoms with Crippen molar-refractivity contribution in [3.8, 4) is 0 Å². The van der Waals surface area contributed by atoms with Gasteiger partial charge < -0.3 is 15.8 Å². The summed E-state index contributed by atoms with van der Waals surface area (Å²) in [5, 5.41) is 2.61. The summed E-state index contributed by atoms with van der Waals surface area (Å²) in [4.78, 5) is 24.6. The number of aryl methyl sites for hydroxylation is 1. The van der Waals surface area contributed by atoms with Crippen LogP contribution in [-0.2, 0) is 10.3 Å². The molecular weight excluding hydrogens is 438 g/mol. The number of nitrogens with zero attached hydrogens (tertiary/aromatic N) is 3. The van der Waals surface area contributed by atoms with Gasteiger partial charge in [-0.25, -0.2) is 14.4 Å². The van der Waals surface area contributed by atoms with Gasteiger partial charge in [0.05, 0.1) is 18.5 Å². The predicted octanol–water partition coefficient (Wildman–Crippen LogP) is 3.01. The molecule has 164 valence electrons. The van der Waals surface area contributed by atoms with Crippen molar-refractivity contribution in [3.63, 3.8) is 0 Å². The van der Waals surface area contributed by atoms with Gasteiger partial charge in [0, 0.05) is 29.1 Å². The smallest absolute Gasteiger partial charge is 0.379 e. The lowest BCUT2D eigenvalue weighted by atomic mass is 9.78. The maximum Gasteiger partial charge on any atom is 0.415 e. The number of hydrogen-bond acceptors (Lipinski definition) is 7. The topological polar surface area (TPSA) is 102 Å². The van der Waals surface area contributed by atoms with Crippen LogP contribution in [0, 0.1) is 18.7 Å². The Morgan fingerprint density at radius 1 is 1.32 bits per heavy atom. The maximum absolute atomic E-state index is 14.9. The molecule has 12 heteroatoms. The summed E-state index contributed by atoms with van der Waals surface area (Å²) in [7, 11) is 0. The number of aromatic nitrogens is 2. The average Bonchev–Trinajstić information content (AvgIpc) is 3.09. The number of ether oxygens (including phenoxy) is 1. The van der Waals surface area contributed by atoms with Crippen LogP contribution in [-0.4, -0.2) is 45.7 Å². The summed E-state index contributed by atoms with van der Waals surface area (Å²) in [6.45, 7) is 1.23. The minimum atomic E-state index is -4.64. The van der Waals surface area contributed by atoms with E-state index in [-0.39, 0.29) is 27.9 Å². The molecule has 0 aliphatic carbocycles. The highest BCUT2D eigenvalue weighted by Gasteiger charge is 2.61. The summed E-state index contributed by atoms with van der Waals surface area (Å²) >= 11 is 0.967. The second-order valence-corrected chi connectivity index (χ2v) is 8.30. The van der Waals surface area contributed by atoms with Crippen LogP contribution in [0.15, 0.2) is 35.6 Å². The molecule has 0 saturated carbocycles. The Hall–Kier alpha value is -2.73. The fourth-order valence-corrected chi connectivity index (χ4v) is 4.76. The Morgan fingerprint density at radius 2 is 2.10 bits per heavy atom. The second-order valence-electron chi connectivity index (χ2n) is 7.26. The van der Waals surface area contributed by atoms with Gasteiger partial charge in [0.2, 0.25) is 0 Å². The van der Waals surface area contributed by atoms with Crippen molar-refractivity contribution in [2.75, 3.05) is 17.7 Å². The van der Waals surface area contributed by atoms with Gasteiger partial charge in [0.15, 0.2) is 11.3 Å². The van der Waals surface area contributed by atoms with Gasteiger partial charge >= 0.3 is 6.18 Å². The molecule has 3 N–H and O–H groups in total. The normalized spacial score (nSPS) is 25.6. The van der Waals surface area contributed by atoms with Crippen LogP contribution in [0.5, 0.6) is 0 Å². The summed E-state index contributed by atoms with van der Waals surface area (Å²) in [5.74, 6) is -2.58. The van der Waals surface area contributed by atoms with Crippen LogP contribution < -0.4 is 11.1 Å². The van der Waals surface area contributed by atoms with Crippen molar-refractivity contribution in [2.24, 2.45) is 16.6 Å². The molecule has 0 bridgehead atoms. The fourth-order valence-electron chi connectivity index (χ4n) is 3.74. The SMILES string of the molecule is Cc1cnc(C(=O)Nc2ccc(F)c([C@]34CO[C@H](C(F)(F)F)[C@H]3CSC(N)=N4)c2)cn1. The molecule has 2 aromatic rings. The van der Waals surface area contributed by atoms with Crippen molar-refractivity contribution in [2.45, 2.75) is 24.7 Å². The molecule has 31 heavy (non-hydrogen) atoms. The molecule has 1 aromatic carbocycles. The minimum absolute atomic E-state index is 0.0326. The molecule has 3 heterocycles. The first kappa shape index (κ1) is 21.5. The average molecular weight is 455 g/mol. The Kier molecular flexibility index (Phi) is 5.38. The van der Waals surface area contributed by atoms with Gasteiger partial charge in [-0.05, 0) is 25.1 Å². The number of carbonyl (C=O) groups excluding carboxylic acids is 1. The van der Waals surface area contributed by atoms with Gasteiger partial charge in [-0.15, -0.1) is 0 Å². The standard InChI is InChI=1S/C19H17F4N5O2S/c1-9-5-26-14(6-25-9)16(29)27-10-2-3-13(20)11(4-10)18-8-30-15(19(21,22)23)12(18)7-31-17(24)28-18/h2-6,12,15H,7-8H2,1H3,(H2,24,28)(H,27,29)/t12-,15+,18-/m1/s1. The number of nitrogens with two attached hydrogens (primary N) is 1. The minimum Gasteiger partial charge on any atom is -0.379 e. The molecule has 1 fully saturated rings. The molecule has 3 atom stereocenters. The van der Waals surface area contributed by atoms with Crippen LogP contribution in [0.25, 0.3) is 0 Å². The van der Waals surface area contributed by atoms with E-state index in [1.807, 2.05) is 0 Å². The molecule has 1 saturated heterocycles. The molecular formula is C19H17F4N5O2S. The van der Waals surface area contributed by atoms with Crippen molar-refractivity contribution >= 4 is 28.5 Å². The van der Waals surface area contributed by atoms with Crippen LogP contribution in [0.3, 0.4) is 0 Å². The van der Waals surface area contributed by atoms with E-state index < -0.39 is 42.1 Å². The number of amides is 1. The van der Waals surface area contributed by atoms with E-state index in [0.717, 1.165) is 17.8 Å². The largest absolute Gasteiger partial charge is 0.415 e. The molecule has 2 aliphatic rings. The van der Waals surface area contributed by atoms with Crippen molar-refractivity contribution in [1.29, 1.82) is 0 Å². The molecule has 4 rings (SSSR count). The number of hydrogen-bond donors (Lipinski definition) is 2. The number of halogens is 4. The molecule has 0 radical (unpaired) electrons. The summed E-state index contributed by atoms with van der Waals surface area (Å²) in [5.41, 5.74) is 4.84. The molecule has 0 unspecified atom stereocenters. The summed E-state index contributed by atoms with van der Waals surface area (Å²) in [6.07, 6.45) is -4.04. The number of amidine groups is 1. The zero-order valence-electron chi connectivity index (χ0n) is 16.1. The predicted molar refractivity (Wildman–Crippen MR) is 106 cm³/mol. The zero-order chi connectivity index (χ0) is 22.4. The highest BCUT2D eigenvalue weighted by molar-refractivity contribution is 8.13. The molecule has 7 nitrogen and oxygen atoms in total. The van der Waals surface area contributed by atoms with Gasteiger partial charge in [-0.3, -0.25) is 9.78 Å². The summed E-state index contributed by atoms with van der Waals surface area (Å²) < 4.78 is 60.4. The number of nitrogens with one attached hydrogen (secondary N) is 1. The lowest BCUT2D eigenvalue weighted by molar-refractivity contribution is -0.215. The van der Waals surface area contributed by atoms with Crippen LogP contribution in [0.1, 0.15) is 21.7 Å². The number of alkyl halides is 3. The number of carbonyl (C=O) groups is 1. The van der Waals surface area contributed by atoms with E-state index in [1.165, 1.54) is 24.5 Å². The van der Waals surface area contributed by atoms with Gasteiger partial charge in [0.1, 0.15) is 17.1 Å². The number of fused-ring (bicyclic) bond motifs is 1.